The van der Waals surface area contributed by atoms with Crippen molar-refractivity contribution in [3.05, 3.63) is 29.8 Å². The van der Waals surface area contributed by atoms with Crippen LogP contribution in [-0.4, -0.2) is 19.0 Å². The molecule has 3 heteroatoms. The van der Waals surface area contributed by atoms with Gasteiger partial charge in [0.1, 0.15) is 0 Å². The minimum Gasteiger partial charge on any atom is -0.330 e. The monoisotopic (exact) mass is 260 g/mol. The summed E-state index contributed by atoms with van der Waals surface area (Å²) in [7, 11) is 0. The van der Waals surface area contributed by atoms with Gasteiger partial charge in [-0.1, -0.05) is 24.1 Å². The van der Waals surface area contributed by atoms with Crippen LogP contribution in [0.1, 0.15) is 31.7 Å². The van der Waals surface area contributed by atoms with Crippen molar-refractivity contribution in [2.24, 2.45) is 17.6 Å². The molecule has 1 saturated carbocycles. The van der Waals surface area contributed by atoms with E-state index in [-0.39, 0.29) is 11.8 Å². The van der Waals surface area contributed by atoms with Gasteiger partial charge in [-0.25, -0.2) is 0 Å². The van der Waals surface area contributed by atoms with Gasteiger partial charge in [0.2, 0.25) is 5.91 Å². The molecule has 0 aromatic heterocycles. The van der Waals surface area contributed by atoms with Crippen molar-refractivity contribution >= 4 is 11.6 Å². The molecule has 0 aliphatic heterocycles. The summed E-state index contributed by atoms with van der Waals surface area (Å²) in [5, 5.41) is 0. The average molecular weight is 260 g/mol. The molecule has 0 radical (unpaired) electrons. The average Bonchev–Trinajstić information content (AvgIpc) is 2.90. The molecule has 2 N–H and O–H groups in total. The van der Waals surface area contributed by atoms with Crippen LogP contribution in [-0.2, 0) is 4.79 Å². The Hall–Kier alpha value is -1.35. The van der Waals surface area contributed by atoms with Gasteiger partial charge in [0.05, 0.1) is 0 Å². The van der Waals surface area contributed by atoms with E-state index in [1.54, 1.807) is 0 Å². The lowest BCUT2D eigenvalue weighted by molar-refractivity contribution is -0.123. The van der Waals surface area contributed by atoms with E-state index in [0.717, 1.165) is 31.5 Å². The Kier molecular flexibility index (Phi) is 4.59. The van der Waals surface area contributed by atoms with E-state index in [4.69, 9.17) is 5.73 Å². The second kappa shape index (κ2) is 6.20. The zero-order valence-electron chi connectivity index (χ0n) is 11.9. The van der Waals surface area contributed by atoms with Gasteiger partial charge in [0.15, 0.2) is 0 Å². The maximum atomic E-state index is 12.7. The number of nitrogens with zero attached hydrogens (tertiary/aromatic N) is 1. The van der Waals surface area contributed by atoms with Crippen LogP contribution in [0.5, 0.6) is 0 Å². The fourth-order valence-electron chi connectivity index (χ4n) is 3.03. The van der Waals surface area contributed by atoms with E-state index < -0.39 is 0 Å². The summed E-state index contributed by atoms with van der Waals surface area (Å²) >= 11 is 0. The largest absolute Gasteiger partial charge is 0.330 e. The molecule has 1 aliphatic rings. The molecular weight excluding hydrogens is 236 g/mol. The van der Waals surface area contributed by atoms with Crippen LogP contribution >= 0.6 is 0 Å². The number of nitrogens with two attached hydrogens (primary N) is 1. The highest BCUT2D eigenvalue weighted by atomic mass is 16.2. The highest BCUT2D eigenvalue weighted by molar-refractivity contribution is 5.95. The molecule has 1 aliphatic carbocycles. The van der Waals surface area contributed by atoms with E-state index in [9.17, 15) is 4.79 Å². The Labute approximate surface area is 115 Å². The highest BCUT2D eigenvalue weighted by Crippen LogP contribution is 2.33. The fraction of sp³-hybridized carbons (Fsp3) is 0.562. The van der Waals surface area contributed by atoms with Gasteiger partial charge in [0, 0.05) is 18.2 Å². The van der Waals surface area contributed by atoms with Gasteiger partial charge in [-0.05, 0) is 51.3 Å². The molecule has 0 saturated heterocycles. The maximum Gasteiger partial charge on any atom is 0.230 e. The third kappa shape index (κ3) is 2.98. The number of rotatable bonds is 4. The lowest BCUT2D eigenvalue weighted by Gasteiger charge is -2.27. The minimum absolute atomic E-state index is 0.117. The number of aryl methyl sites for hydroxylation is 1. The molecule has 1 amide bonds. The van der Waals surface area contributed by atoms with Gasteiger partial charge < -0.3 is 10.6 Å². The Morgan fingerprint density at radius 1 is 1.32 bits per heavy atom. The first kappa shape index (κ1) is 14.1. The predicted molar refractivity (Wildman–Crippen MR) is 79.1 cm³/mol. The summed E-state index contributed by atoms with van der Waals surface area (Å²) in [5.74, 6) is 0.734. The van der Waals surface area contributed by atoms with Crippen molar-refractivity contribution in [2.45, 2.75) is 33.1 Å². The van der Waals surface area contributed by atoms with Crippen LogP contribution in [0.15, 0.2) is 24.3 Å². The molecule has 2 unspecified atom stereocenters. The molecule has 1 aromatic rings. The topological polar surface area (TPSA) is 46.3 Å². The Balaban J connectivity index is 2.17. The van der Waals surface area contributed by atoms with Gasteiger partial charge >= 0.3 is 0 Å². The molecular formula is C16H24N2O. The van der Waals surface area contributed by atoms with E-state index in [0.29, 0.717) is 12.5 Å². The Morgan fingerprint density at radius 3 is 2.58 bits per heavy atom. The number of carbonyl (C=O) groups excluding carboxylic acids is 1. The lowest BCUT2D eigenvalue weighted by Crippen LogP contribution is -2.39. The van der Waals surface area contributed by atoms with Crippen LogP contribution in [0.4, 0.5) is 5.69 Å². The Bertz CT molecular complexity index is 427. The van der Waals surface area contributed by atoms with Gasteiger partial charge in [-0.15, -0.1) is 0 Å². The molecule has 1 fully saturated rings. The van der Waals surface area contributed by atoms with E-state index in [2.05, 4.69) is 19.1 Å². The molecule has 0 spiro atoms. The minimum atomic E-state index is 0.117. The van der Waals surface area contributed by atoms with Crippen LogP contribution < -0.4 is 10.6 Å². The van der Waals surface area contributed by atoms with Gasteiger partial charge in [0.25, 0.3) is 0 Å². The van der Waals surface area contributed by atoms with E-state index in [1.807, 2.05) is 24.0 Å². The number of benzene rings is 1. The van der Waals surface area contributed by atoms with E-state index in [1.165, 1.54) is 5.56 Å². The summed E-state index contributed by atoms with van der Waals surface area (Å²) in [6, 6.07) is 8.17. The predicted octanol–water partition coefficient (Wildman–Crippen LogP) is 2.72. The number of amides is 1. The summed E-state index contributed by atoms with van der Waals surface area (Å²) in [5.41, 5.74) is 8.01. The standard InChI is InChI=1S/C16H24N2O/c1-3-18(14-9-7-12(2)8-10-14)16(19)15-6-4-5-13(15)11-17/h7-10,13,15H,3-6,11,17H2,1-2H3. The summed E-state index contributed by atoms with van der Waals surface area (Å²) in [6.07, 6.45) is 3.21. The van der Waals surface area contributed by atoms with Crippen molar-refractivity contribution in [1.29, 1.82) is 0 Å². The summed E-state index contributed by atoms with van der Waals surface area (Å²) in [6.45, 7) is 5.44. The van der Waals surface area contributed by atoms with Crippen LogP contribution in [0.3, 0.4) is 0 Å². The van der Waals surface area contributed by atoms with Gasteiger partial charge in [-0.2, -0.15) is 0 Å². The Morgan fingerprint density at radius 2 is 2.00 bits per heavy atom. The summed E-state index contributed by atoms with van der Waals surface area (Å²) in [4.78, 5) is 14.6. The normalized spacial score (nSPS) is 22.5. The second-order valence-corrected chi connectivity index (χ2v) is 5.45. The van der Waals surface area contributed by atoms with Crippen LogP contribution in [0, 0.1) is 18.8 Å². The quantitative estimate of drug-likeness (QED) is 0.904. The van der Waals surface area contributed by atoms with Crippen molar-refractivity contribution < 1.29 is 4.79 Å². The van der Waals surface area contributed by atoms with Crippen molar-refractivity contribution in [2.75, 3.05) is 18.0 Å². The SMILES string of the molecule is CCN(C(=O)C1CCCC1CN)c1ccc(C)cc1. The number of hydrogen-bond donors (Lipinski definition) is 1. The molecule has 2 rings (SSSR count). The molecule has 1 aromatic carbocycles. The lowest BCUT2D eigenvalue weighted by atomic mass is 9.94. The second-order valence-electron chi connectivity index (χ2n) is 5.45. The van der Waals surface area contributed by atoms with Crippen molar-refractivity contribution in [3.63, 3.8) is 0 Å². The molecule has 0 heterocycles. The third-order valence-electron chi connectivity index (χ3n) is 4.21. The van der Waals surface area contributed by atoms with Crippen molar-refractivity contribution in [1.82, 2.24) is 0 Å². The highest BCUT2D eigenvalue weighted by Gasteiger charge is 2.34. The number of carbonyl (C=O) groups is 1. The smallest absolute Gasteiger partial charge is 0.230 e. The first-order chi connectivity index (χ1) is 9.17. The number of hydrogen-bond acceptors (Lipinski definition) is 2. The molecule has 104 valence electrons. The van der Waals surface area contributed by atoms with Crippen LogP contribution in [0.2, 0.25) is 0 Å². The molecule has 2 atom stereocenters. The fourth-order valence-corrected chi connectivity index (χ4v) is 3.03. The molecule has 3 nitrogen and oxygen atoms in total. The zero-order valence-corrected chi connectivity index (χ0v) is 11.9. The summed E-state index contributed by atoms with van der Waals surface area (Å²) < 4.78 is 0. The maximum absolute atomic E-state index is 12.7. The molecule has 0 bridgehead atoms. The first-order valence-corrected chi connectivity index (χ1v) is 7.25. The van der Waals surface area contributed by atoms with Crippen molar-refractivity contribution in [3.8, 4) is 0 Å². The zero-order chi connectivity index (χ0) is 13.8. The molecule has 19 heavy (non-hydrogen) atoms. The van der Waals surface area contributed by atoms with E-state index >= 15 is 0 Å². The van der Waals surface area contributed by atoms with Gasteiger partial charge in [-0.3, -0.25) is 4.79 Å². The first-order valence-electron chi connectivity index (χ1n) is 7.25. The number of anilines is 1. The third-order valence-corrected chi connectivity index (χ3v) is 4.21. The van der Waals surface area contributed by atoms with Crippen LogP contribution in [0.25, 0.3) is 0 Å².